The molecular weight excluding hydrogens is 392 g/mol. The highest BCUT2D eigenvalue weighted by molar-refractivity contribution is 5.96. The van der Waals surface area contributed by atoms with Crippen molar-refractivity contribution in [2.75, 3.05) is 13.2 Å². The van der Waals surface area contributed by atoms with E-state index in [0.717, 1.165) is 4.90 Å². The average molecular weight is 418 g/mol. The van der Waals surface area contributed by atoms with Crippen molar-refractivity contribution in [3.8, 4) is 0 Å². The van der Waals surface area contributed by atoms with Crippen LogP contribution in [0.4, 0.5) is 0 Å². The summed E-state index contributed by atoms with van der Waals surface area (Å²) in [5.41, 5.74) is 5.32. The van der Waals surface area contributed by atoms with Crippen LogP contribution >= 0.6 is 0 Å². The molecule has 0 aromatic rings. The van der Waals surface area contributed by atoms with Crippen LogP contribution in [0, 0.1) is 0 Å². The van der Waals surface area contributed by atoms with Crippen molar-refractivity contribution in [1.29, 1.82) is 0 Å². The molecule has 0 aliphatic carbocycles. The number of nitrogens with zero attached hydrogens (tertiary/aromatic N) is 1. The second-order valence-electron chi connectivity index (χ2n) is 6.70. The van der Waals surface area contributed by atoms with Gasteiger partial charge in [0.25, 0.3) is 0 Å². The molecule has 13 nitrogen and oxygen atoms in total. The Bertz CT molecular complexity index is 654. The number of hydrogen-bond donors (Lipinski definition) is 7. The first-order chi connectivity index (χ1) is 13.5. The van der Waals surface area contributed by atoms with Gasteiger partial charge in [-0.15, -0.1) is 0 Å². The predicted molar refractivity (Wildman–Crippen MR) is 95.2 cm³/mol. The minimum Gasteiger partial charge on any atom is -0.481 e. The lowest BCUT2D eigenvalue weighted by Gasteiger charge is -2.30. The molecule has 13 heteroatoms. The Hall–Kier alpha value is -2.77. The van der Waals surface area contributed by atoms with E-state index in [1.54, 1.807) is 0 Å². The molecular formula is C16H26N4O9. The fourth-order valence-corrected chi connectivity index (χ4v) is 2.85. The SMILES string of the molecule is CC(O)C(NC(=O)C(CC(=O)O)NC(=O)C(N)CO)C(=O)N1CCCC1C(=O)O. The summed E-state index contributed by atoms with van der Waals surface area (Å²) in [4.78, 5) is 60.3. The number of carbonyl (C=O) groups excluding carboxylic acids is 3. The van der Waals surface area contributed by atoms with Crippen LogP contribution in [0.1, 0.15) is 26.2 Å². The van der Waals surface area contributed by atoms with Crippen molar-refractivity contribution in [3.63, 3.8) is 0 Å². The van der Waals surface area contributed by atoms with Crippen LogP contribution in [0.2, 0.25) is 0 Å². The molecule has 5 unspecified atom stereocenters. The van der Waals surface area contributed by atoms with Crippen molar-refractivity contribution in [1.82, 2.24) is 15.5 Å². The number of nitrogens with one attached hydrogen (secondary N) is 2. The summed E-state index contributed by atoms with van der Waals surface area (Å²) >= 11 is 0. The lowest BCUT2D eigenvalue weighted by Crippen LogP contribution is -2.60. The predicted octanol–water partition coefficient (Wildman–Crippen LogP) is -3.79. The molecule has 5 atom stereocenters. The Balaban J connectivity index is 2.97. The molecule has 1 heterocycles. The molecule has 3 amide bonds. The van der Waals surface area contributed by atoms with E-state index in [1.165, 1.54) is 6.92 Å². The van der Waals surface area contributed by atoms with Gasteiger partial charge in [-0.05, 0) is 19.8 Å². The molecule has 0 aromatic heterocycles. The number of carbonyl (C=O) groups is 5. The summed E-state index contributed by atoms with van der Waals surface area (Å²) in [6.07, 6.45) is -1.63. The average Bonchev–Trinajstić information content (AvgIpc) is 3.13. The highest BCUT2D eigenvalue weighted by Crippen LogP contribution is 2.19. The van der Waals surface area contributed by atoms with E-state index in [2.05, 4.69) is 10.6 Å². The number of carboxylic acid groups (broad SMARTS) is 2. The quantitative estimate of drug-likeness (QED) is 0.183. The van der Waals surface area contributed by atoms with E-state index < -0.39 is 73.0 Å². The highest BCUT2D eigenvalue weighted by Gasteiger charge is 2.40. The number of hydrogen-bond acceptors (Lipinski definition) is 8. The first-order valence-corrected chi connectivity index (χ1v) is 8.89. The molecule has 0 radical (unpaired) electrons. The molecule has 29 heavy (non-hydrogen) atoms. The van der Waals surface area contributed by atoms with Gasteiger partial charge in [0.15, 0.2) is 0 Å². The third-order valence-electron chi connectivity index (χ3n) is 4.41. The zero-order chi connectivity index (χ0) is 22.3. The van der Waals surface area contributed by atoms with Crippen molar-refractivity contribution in [2.24, 2.45) is 5.73 Å². The smallest absolute Gasteiger partial charge is 0.326 e. The van der Waals surface area contributed by atoms with Gasteiger partial charge in [-0.25, -0.2) is 4.79 Å². The first kappa shape index (κ1) is 24.3. The first-order valence-electron chi connectivity index (χ1n) is 8.89. The Kier molecular flexibility index (Phi) is 8.94. The van der Waals surface area contributed by atoms with Crippen LogP contribution in [0.15, 0.2) is 0 Å². The molecule has 164 valence electrons. The highest BCUT2D eigenvalue weighted by atomic mass is 16.4. The van der Waals surface area contributed by atoms with Crippen LogP contribution in [0.25, 0.3) is 0 Å². The minimum atomic E-state index is -1.64. The van der Waals surface area contributed by atoms with Crippen molar-refractivity contribution < 1.29 is 44.4 Å². The van der Waals surface area contributed by atoms with Crippen LogP contribution in [0.5, 0.6) is 0 Å². The molecule has 1 aliphatic rings. The standard InChI is InChI=1S/C16H26N4O9/c1-7(22)12(15(27)20-4-2-3-10(20)16(28)29)19-14(26)9(5-11(23)24)18-13(25)8(17)6-21/h7-10,12,21-22H,2-6,17H2,1H3,(H,18,25)(H,19,26)(H,23,24)(H,28,29). The number of nitrogens with two attached hydrogens (primary N) is 1. The Morgan fingerprint density at radius 2 is 1.76 bits per heavy atom. The zero-order valence-corrected chi connectivity index (χ0v) is 15.8. The van der Waals surface area contributed by atoms with Gasteiger partial charge in [0.1, 0.15) is 24.2 Å². The van der Waals surface area contributed by atoms with Crippen LogP contribution in [-0.4, -0.2) is 98.4 Å². The summed E-state index contributed by atoms with van der Waals surface area (Å²) < 4.78 is 0. The molecule has 0 saturated carbocycles. The second kappa shape index (κ2) is 10.7. The fraction of sp³-hybridized carbons (Fsp3) is 0.688. The van der Waals surface area contributed by atoms with Gasteiger partial charge in [-0.1, -0.05) is 0 Å². The Morgan fingerprint density at radius 3 is 2.24 bits per heavy atom. The monoisotopic (exact) mass is 418 g/mol. The molecule has 8 N–H and O–H groups in total. The van der Waals surface area contributed by atoms with Gasteiger partial charge >= 0.3 is 11.9 Å². The lowest BCUT2D eigenvalue weighted by molar-refractivity contribution is -0.151. The molecule has 1 rings (SSSR count). The van der Waals surface area contributed by atoms with Gasteiger partial charge in [0.05, 0.1) is 19.1 Å². The summed E-state index contributed by atoms with van der Waals surface area (Å²) in [5, 5.41) is 41.2. The Labute approximate surface area is 165 Å². The van der Waals surface area contributed by atoms with Gasteiger partial charge < -0.3 is 41.7 Å². The van der Waals surface area contributed by atoms with Gasteiger partial charge in [-0.2, -0.15) is 0 Å². The third-order valence-corrected chi connectivity index (χ3v) is 4.41. The van der Waals surface area contributed by atoms with E-state index in [9.17, 15) is 34.2 Å². The van der Waals surface area contributed by atoms with Gasteiger partial charge in [0.2, 0.25) is 17.7 Å². The van der Waals surface area contributed by atoms with Crippen molar-refractivity contribution >= 4 is 29.7 Å². The number of aliphatic hydroxyl groups excluding tert-OH is 2. The second-order valence-corrected chi connectivity index (χ2v) is 6.70. The van der Waals surface area contributed by atoms with E-state index in [4.69, 9.17) is 15.9 Å². The lowest BCUT2D eigenvalue weighted by atomic mass is 10.1. The van der Waals surface area contributed by atoms with Crippen molar-refractivity contribution in [3.05, 3.63) is 0 Å². The number of aliphatic hydroxyl groups is 2. The number of amides is 3. The molecule has 0 spiro atoms. The number of carboxylic acids is 2. The number of aliphatic carboxylic acids is 2. The Morgan fingerprint density at radius 1 is 1.14 bits per heavy atom. The maximum absolute atomic E-state index is 12.7. The number of rotatable bonds is 10. The summed E-state index contributed by atoms with van der Waals surface area (Å²) in [5.74, 6) is -5.57. The molecule has 0 bridgehead atoms. The van der Waals surface area contributed by atoms with Gasteiger partial charge in [-0.3, -0.25) is 19.2 Å². The molecule has 0 aromatic carbocycles. The molecule has 1 aliphatic heterocycles. The maximum atomic E-state index is 12.7. The zero-order valence-electron chi connectivity index (χ0n) is 15.8. The normalized spacial score (nSPS) is 20.3. The summed E-state index contributed by atoms with van der Waals surface area (Å²) in [6, 6.07) is -5.69. The minimum absolute atomic E-state index is 0.121. The van der Waals surface area contributed by atoms with Crippen LogP contribution in [-0.2, 0) is 24.0 Å². The molecule has 1 fully saturated rings. The van der Waals surface area contributed by atoms with Crippen LogP contribution < -0.4 is 16.4 Å². The van der Waals surface area contributed by atoms with E-state index in [1.807, 2.05) is 0 Å². The molecule has 1 saturated heterocycles. The van der Waals surface area contributed by atoms with E-state index >= 15 is 0 Å². The van der Waals surface area contributed by atoms with Crippen molar-refractivity contribution in [2.45, 2.75) is 56.5 Å². The third kappa shape index (κ3) is 6.66. The number of likely N-dealkylation sites (tertiary alicyclic amines) is 1. The fourth-order valence-electron chi connectivity index (χ4n) is 2.85. The van der Waals surface area contributed by atoms with E-state index in [0.29, 0.717) is 6.42 Å². The van der Waals surface area contributed by atoms with Crippen LogP contribution in [0.3, 0.4) is 0 Å². The van der Waals surface area contributed by atoms with E-state index in [-0.39, 0.29) is 13.0 Å². The topological polar surface area (TPSA) is 220 Å². The summed E-state index contributed by atoms with van der Waals surface area (Å²) in [7, 11) is 0. The summed E-state index contributed by atoms with van der Waals surface area (Å²) in [6.45, 7) is 0.574. The largest absolute Gasteiger partial charge is 0.481 e. The maximum Gasteiger partial charge on any atom is 0.326 e. The van der Waals surface area contributed by atoms with Gasteiger partial charge in [0, 0.05) is 6.54 Å².